The van der Waals surface area contributed by atoms with Crippen LogP contribution >= 0.6 is 12.2 Å². The summed E-state index contributed by atoms with van der Waals surface area (Å²) in [7, 11) is 0. The van der Waals surface area contributed by atoms with Gasteiger partial charge in [-0.2, -0.15) is 0 Å². The van der Waals surface area contributed by atoms with Crippen molar-refractivity contribution in [1.82, 2.24) is 14.2 Å². The number of thiocarbonyl (C=S) groups is 1. The Bertz CT molecular complexity index is 1540. The maximum absolute atomic E-state index is 6.12. The van der Waals surface area contributed by atoms with Gasteiger partial charge in [0, 0.05) is 23.4 Å². The van der Waals surface area contributed by atoms with E-state index in [1.165, 1.54) is 11.1 Å². The van der Waals surface area contributed by atoms with Gasteiger partial charge < -0.3 is 14.6 Å². The van der Waals surface area contributed by atoms with Crippen LogP contribution in [0.15, 0.2) is 84.9 Å². The van der Waals surface area contributed by atoms with Crippen LogP contribution in [-0.2, 0) is 19.6 Å². The number of aromatic nitrogens is 3. The molecule has 0 bridgehead atoms. The normalized spacial score (nSPS) is 12.9. The Morgan fingerprint density at radius 3 is 2.44 bits per heavy atom. The monoisotopic (exact) mass is 492 g/mol. The summed E-state index contributed by atoms with van der Waals surface area (Å²) in [5.41, 5.74) is 7.87. The number of aryl methyl sites for hydroxylation is 3. The molecule has 1 aliphatic heterocycles. The molecular formula is C30H28N4OS. The van der Waals surface area contributed by atoms with Crippen molar-refractivity contribution in [3.63, 3.8) is 0 Å². The van der Waals surface area contributed by atoms with Gasteiger partial charge in [0.2, 0.25) is 0 Å². The number of hydrogen-bond acceptors (Lipinski definition) is 3. The third kappa shape index (κ3) is 4.07. The molecule has 0 saturated heterocycles. The number of hydrogen-bond donors (Lipinski definition) is 1. The molecule has 180 valence electrons. The lowest BCUT2D eigenvalue weighted by Crippen LogP contribution is -2.15. The van der Waals surface area contributed by atoms with Crippen molar-refractivity contribution in [1.29, 1.82) is 0 Å². The fourth-order valence-electron chi connectivity index (χ4n) is 5.10. The van der Waals surface area contributed by atoms with Crippen molar-refractivity contribution in [3.05, 3.63) is 108 Å². The number of ether oxygens (including phenoxy) is 1. The summed E-state index contributed by atoms with van der Waals surface area (Å²) in [4.78, 5) is 0.671. The number of anilines is 1. The zero-order chi connectivity index (χ0) is 24.5. The van der Waals surface area contributed by atoms with Crippen molar-refractivity contribution >= 4 is 28.5 Å². The van der Waals surface area contributed by atoms with Crippen molar-refractivity contribution in [2.24, 2.45) is 0 Å². The molecule has 3 aromatic carbocycles. The first-order valence-electron chi connectivity index (χ1n) is 12.4. The van der Waals surface area contributed by atoms with Gasteiger partial charge in [-0.3, -0.25) is 0 Å². The topological polar surface area (TPSA) is 43.5 Å². The van der Waals surface area contributed by atoms with E-state index in [-0.39, 0.29) is 0 Å². The van der Waals surface area contributed by atoms with Gasteiger partial charge >= 0.3 is 0 Å². The molecule has 6 rings (SSSR count). The molecule has 0 atom stereocenters. The van der Waals surface area contributed by atoms with Crippen LogP contribution in [0.25, 0.3) is 16.8 Å². The fraction of sp³-hybridized carbons (Fsp3) is 0.200. The quantitative estimate of drug-likeness (QED) is 0.264. The minimum Gasteiger partial charge on any atom is -0.486 e. The van der Waals surface area contributed by atoms with Gasteiger partial charge in [0.1, 0.15) is 28.7 Å². The Kier molecular flexibility index (Phi) is 6.03. The van der Waals surface area contributed by atoms with Gasteiger partial charge in [-0.15, -0.1) is 5.10 Å². The number of rotatable bonds is 6. The molecule has 0 aliphatic carbocycles. The highest BCUT2D eigenvalue weighted by Crippen LogP contribution is 2.37. The van der Waals surface area contributed by atoms with E-state index in [0.717, 1.165) is 65.5 Å². The summed E-state index contributed by atoms with van der Waals surface area (Å²) in [6, 6.07) is 28.7. The SMILES string of the molecule is Cc1ccccc1NC(=S)c1c(-c2ccccc2)c2c3n(c(COc4ccccc4)nn13)CCCC2. The second kappa shape index (κ2) is 9.63. The van der Waals surface area contributed by atoms with Crippen LogP contribution in [0.4, 0.5) is 5.69 Å². The van der Waals surface area contributed by atoms with Crippen LogP contribution in [0.1, 0.15) is 35.5 Å². The van der Waals surface area contributed by atoms with E-state index in [9.17, 15) is 0 Å². The Morgan fingerprint density at radius 1 is 0.944 bits per heavy atom. The lowest BCUT2D eigenvalue weighted by atomic mass is 9.98. The Labute approximate surface area is 216 Å². The second-order valence-electron chi connectivity index (χ2n) is 9.20. The molecule has 5 aromatic rings. The lowest BCUT2D eigenvalue weighted by molar-refractivity contribution is 0.288. The smallest absolute Gasteiger partial charge is 0.169 e. The summed E-state index contributed by atoms with van der Waals surface area (Å²) in [6.07, 6.45) is 3.22. The summed E-state index contributed by atoms with van der Waals surface area (Å²) in [5.74, 6) is 1.75. The van der Waals surface area contributed by atoms with E-state index in [2.05, 4.69) is 63.8 Å². The molecule has 0 fully saturated rings. The maximum atomic E-state index is 6.12. The van der Waals surface area contributed by atoms with E-state index in [0.29, 0.717) is 11.6 Å². The molecular weight excluding hydrogens is 464 g/mol. The van der Waals surface area contributed by atoms with Crippen molar-refractivity contribution in [3.8, 4) is 16.9 Å². The highest BCUT2D eigenvalue weighted by molar-refractivity contribution is 7.81. The lowest BCUT2D eigenvalue weighted by Gasteiger charge is -2.13. The summed E-state index contributed by atoms with van der Waals surface area (Å²) >= 11 is 6.07. The number of nitrogens with one attached hydrogen (secondary N) is 1. The van der Waals surface area contributed by atoms with Gasteiger partial charge in [0.05, 0.1) is 0 Å². The minimum atomic E-state index is 0.406. The van der Waals surface area contributed by atoms with Gasteiger partial charge in [0.15, 0.2) is 5.82 Å². The highest BCUT2D eigenvalue weighted by atomic mass is 32.1. The van der Waals surface area contributed by atoms with Crippen LogP contribution < -0.4 is 10.1 Å². The fourth-order valence-corrected chi connectivity index (χ4v) is 5.39. The molecule has 2 aromatic heterocycles. The van der Waals surface area contributed by atoms with E-state index < -0.39 is 0 Å². The molecule has 0 radical (unpaired) electrons. The Hall–Kier alpha value is -3.90. The summed E-state index contributed by atoms with van der Waals surface area (Å²) in [6.45, 7) is 3.41. The first-order valence-corrected chi connectivity index (χ1v) is 12.8. The third-order valence-corrected chi connectivity index (χ3v) is 7.14. The second-order valence-corrected chi connectivity index (χ2v) is 9.61. The van der Waals surface area contributed by atoms with Gasteiger partial charge in [-0.05, 0) is 55.5 Å². The van der Waals surface area contributed by atoms with Crippen LogP contribution in [0.2, 0.25) is 0 Å². The number of nitrogens with zero attached hydrogens (tertiary/aromatic N) is 3. The van der Waals surface area contributed by atoms with Crippen LogP contribution in [0.3, 0.4) is 0 Å². The third-order valence-electron chi connectivity index (χ3n) is 6.84. The number of para-hydroxylation sites is 2. The zero-order valence-corrected chi connectivity index (χ0v) is 21.1. The summed E-state index contributed by atoms with van der Waals surface area (Å²) < 4.78 is 10.5. The summed E-state index contributed by atoms with van der Waals surface area (Å²) in [5, 5.41) is 8.62. The molecule has 3 heterocycles. The molecule has 36 heavy (non-hydrogen) atoms. The average Bonchev–Trinajstić information content (AvgIpc) is 3.31. The average molecular weight is 493 g/mol. The van der Waals surface area contributed by atoms with E-state index in [1.807, 2.05) is 42.5 Å². The Morgan fingerprint density at radius 2 is 1.67 bits per heavy atom. The molecule has 0 unspecified atom stereocenters. The first-order chi connectivity index (χ1) is 17.7. The van der Waals surface area contributed by atoms with Gasteiger partial charge in [0.25, 0.3) is 0 Å². The van der Waals surface area contributed by atoms with Crippen molar-refractivity contribution in [2.75, 3.05) is 5.32 Å². The molecule has 0 saturated carbocycles. The van der Waals surface area contributed by atoms with Gasteiger partial charge in [-0.25, -0.2) is 4.52 Å². The van der Waals surface area contributed by atoms with E-state index in [1.54, 1.807) is 0 Å². The highest BCUT2D eigenvalue weighted by Gasteiger charge is 2.29. The van der Waals surface area contributed by atoms with Crippen LogP contribution in [0.5, 0.6) is 5.75 Å². The molecule has 0 spiro atoms. The maximum Gasteiger partial charge on any atom is 0.169 e. The molecule has 5 nitrogen and oxygen atoms in total. The largest absolute Gasteiger partial charge is 0.486 e. The standard InChI is InChI=1S/C30H28N4OS/c1-21-12-8-9-18-25(21)31-29(36)28-27(22-13-4-2-5-14-22)24-17-10-11-19-33-26(32-34(28)30(24)33)20-35-23-15-6-3-7-16-23/h2-9,12-16,18H,10-11,17,19-20H2,1H3,(H,31,36). The van der Waals surface area contributed by atoms with Crippen LogP contribution in [-0.4, -0.2) is 19.2 Å². The Balaban J connectivity index is 1.51. The predicted molar refractivity (Wildman–Crippen MR) is 149 cm³/mol. The zero-order valence-electron chi connectivity index (χ0n) is 20.3. The van der Waals surface area contributed by atoms with E-state index in [4.69, 9.17) is 22.1 Å². The first kappa shape index (κ1) is 22.6. The van der Waals surface area contributed by atoms with Crippen LogP contribution in [0, 0.1) is 6.92 Å². The van der Waals surface area contributed by atoms with Crippen molar-refractivity contribution in [2.45, 2.75) is 39.3 Å². The van der Waals surface area contributed by atoms with Gasteiger partial charge in [-0.1, -0.05) is 78.9 Å². The molecule has 6 heteroatoms. The molecule has 1 aliphatic rings. The molecule has 0 amide bonds. The van der Waals surface area contributed by atoms with Crippen molar-refractivity contribution < 1.29 is 4.74 Å². The predicted octanol–water partition coefficient (Wildman–Crippen LogP) is 6.81. The number of benzene rings is 3. The minimum absolute atomic E-state index is 0.406. The molecule has 1 N–H and O–H groups in total. The van der Waals surface area contributed by atoms with E-state index >= 15 is 0 Å².